The molecule has 0 fully saturated rings. The summed E-state index contributed by atoms with van der Waals surface area (Å²) in [6.07, 6.45) is 1.54. The summed E-state index contributed by atoms with van der Waals surface area (Å²) in [6, 6.07) is 5.68. The van der Waals surface area contributed by atoms with Gasteiger partial charge in [0.1, 0.15) is 11.6 Å². The molecule has 2 aromatic rings. The van der Waals surface area contributed by atoms with Crippen LogP contribution in [0.15, 0.2) is 24.4 Å². The van der Waals surface area contributed by atoms with E-state index in [1.807, 2.05) is 25.1 Å². The van der Waals surface area contributed by atoms with Gasteiger partial charge >= 0.3 is 0 Å². The topological polar surface area (TPSA) is 81.3 Å². The second-order valence-corrected chi connectivity index (χ2v) is 3.95. The third-order valence-corrected chi connectivity index (χ3v) is 2.72. The first kappa shape index (κ1) is 12.3. The molecule has 0 unspecified atom stereocenters. The number of benzene rings is 1. The smallest absolute Gasteiger partial charge is 0.161 e. The van der Waals surface area contributed by atoms with E-state index < -0.39 is 0 Å². The number of aromatic nitrogens is 2. The Kier molecular flexibility index (Phi) is 3.43. The number of nitrogen functional groups attached to an aromatic ring is 1. The molecular weight excluding hydrogens is 230 g/mol. The standard InChI is InChI=1S/C13H15N3O2/c1-8-5-9(3-4-11(8)18-2)13-15-6-10(7-17)12(14)16-13/h3-6,17H,7H2,1-2H3,(H2,14,15,16). The Morgan fingerprint density at radius 1 is 1.39 bits per heavy atom. The Hall–Kier alpha value is -2.14. The molecule has 2 rings (SSSR count). The molecule has 5 heteroatoms. The molecule has 0 aliphatic heterocycles. The molecule has 1 heterocycles. The second-order valence-electron chi connectivity index (χ2n) is 3.95. The van der Waals surface area contributed by atoms with Crippen LogP contribution in [0, 0.1) is 6.92 Å². The molecule has 0 radical (unpaired) electrons. The van der Waals surface area contributed by atoms with E-state index in [1.54, 1.807) is 7.11 Å². The van der Waals surface area contributed by atoms with Crippen LogP contribution in [0.3, 0.4) is 0 Å². The molecule has 0 aliphatic rings. The number of nitrogens with zero attached hydrogens (tertiary/aromatic N) is 2. The first-order chi connectivity index (χ1) is 8.65. The first-order valence-electron chi connectivity index (χ1n) is 5.53. The summed E-state index contributed by atoms with van der Waals surface area (Å²) in [5.74, 6) is 1.66. The van der Waals surface area contributed by atoms with Crippen LogP contribution in [-0.2, 0) is 6.61 Å². The van der Waals surface area contributed by atoms with E-state index in [1.165, 1.54) is 6.20 Å². The lowest BCUT2D eigenvalue weighted by Gasteiger charge is -2.08. The van der Waals surface area contributed by atoms with Crippen LogP contribution in [0.5, 0.6) is 5.75 Å². The van der Waals surface area contributed by atoms with Gasteiger partial charge in [-0.05, 0) is 30.7 Å². The molecule has 0 aliphatic carbocycles. The van der Waals surface area contributed by atoms with Crippen LogP contribution in [0.25, 0.3) is 11.4 Å². The minimum atomic E-state index is -0.159. The van der Waals surface area contributed by atoms with Crippen molar-refractivity contribution in [1.82, 2.24) is 9.97 Å². The monoisotopic (exact) mass is 245 g/mol. The number of nitrogens with two attached hydrogens (primary N) is 1. The molecule has 1 aromatic carbocycles. The summed E-state index contributed by atoms with van der Waals surface area (Å²) >= 11 is 0. The highest BCUT2D eigenvalue weighted by atomic mass is 16.5. The number of ether oxygens (including phenoxy) is 1. The zero-order valence-electron chi connectivity index (χ0n) is 10.3. The largest absolute Gasteiger partial charge is 0.496 e. The highest BCUT2D eigenvalue weighted by Gasteiger charge is 2.07. The van der Waals surface area contributed by atoms with Crippen molar-refractivity contribution >= 4 is 5.82 Å². The molecular formula is C13H15N3O2. The molecule has 0 spiro atoms. The van der Waals surface area contributed by atoms with Crippen LogP contribution in [0.4, 0.5) is 5.82 Å². The minimum Gasteiger partial charge on any atom is -0.496 e. The Labute approximate surface area is 105 Å². The highest BCUT2D eigenvalue weighted by molar-refractivity contribution is 5.60. The van der Waals surface area contributed by atoms with E-state index in [-0.39, 0.29) is 6.61 Å². The maximum Gasteiger partial charge on any atom is 0.161 e. The van der Waals surface area contributed by atoms with E-state index in [0.29, 0.717) is 17.2 Å². The van der Waals surface area contributed by atoms with Crippen LogP contribution >= 0.6 is 0 Å². The van der Waals surface area contributed by atoms with Crippen molar-refractivity contribution in [2.45, 2.75) is 13.5 Å². The quantitative estimate of drug-likeness (QED) is 0.857. The van der Waals surface area contributed by atoms with Gasteiger partial charge < -0.3 is 15.6 Å². The Morgan fingerprint density at radius 2 is 2.17 bits per heavy atom. The second kappa shape index (κ2) is 5.01. The lowest BCUT2D eigenvalue weighted by Crippen LogP contribution is -2.01. The number of hydrogen-bond donors (Lipinski definition) is 2. The maximum absolute atomic E-state index is 9.02. The van der Waals surface area contributed by atoms with Gasteiger partial charge in [-0.1, -0.05) is 0 Å². The summed E-state index contributed by atoms with van der Waals surface area (Å²) in [5.41, 5.74) is 8.13. The normalized spacial score (nSPS) is 10.4. The van der Waals surface area contributed by atoms with Gasteiger partial charge in [0, 0.05) is 17.3 Å². The van der Waals surface area contributed by atoms with Crippen LogP contribution in [0.1, 0.15) is 11.1 Å². The molecule has 94 valence electrons. The van der Waals surface area contributed by atoms with Gasteiger partial charge in [0.15, 0.2) is 5.82 Å². The van der Waals surface area contributed by atoms with Crippen LogP contribution in [0.2, 0.25) is 0 Å². The highest BCUT2D eigenvalue weighted by Crippen LogP contribution is 2.24. The third kappa shape index (κ3) is 2.26. The lowest BCUT2D eigenvalue weighted by molar-refractivity contribution is 0.281. The van der Waals surface area contributed by atoms with Gasteiger partial charge in [-0.25, -0.2) is 9.97 Å². The van der Waals surface area contributed by atoms with Crippen molar-refractivity contribution in [3.05, 3.63) is 35.5 Å². The van der Waals surface area contributed by atoms with E-state index in [0.717, 1.165) is 16.9 Å². The average Bonchev–Trinajstić information content (AvgIpc) is 2.38. The number of aliphatic hydroxyl groups is 1. The molecule has 0 atom stereocenters. The summed E-state index contributed by atoms with van der Waals surface area (Å²) in [5, 5.41) is 9.02. The van der Waals surface area contributed by atoms with Crippen LogP contribution < -0.4 is 10.5 Å². The van der Waals surface area contributed by atoms with Crippen LogP contribution in [-0.4, -0.2) is 22.2 Å². The molecule has 0 amide bonds. The zero-order valence-corrected chi connectivity index (χ0v) is 10.3. The minimum absolute atomic E-state index is 0.159. The van der Waals surface area contributed by atoms with Crippen molar-refractivity contribution in [3.8, 4) is 17.1 Å². The molecule has 3 N–H and O–H groups in total. The summed E-state index contributed by atoms with van der Waals surface area (Å²) in [6.45, 7) is 1.79. The number of rotatable bonds is 3. The number of aryl methyl sites for hydroxylation is 1. The average molecular weight is 245 g/mol. The first-order valence-corrected chi connectivity index (χ1v) is 5.53. The number of methoxy groups -OCH3 is 1. The van der Waals surface area contributed by atoms with Crippen molar-refractivity contribution in [2.24, 2.45) is 0 Å². The van der Waals surface area contributed by atoms with Gasteiger partial charge in [-0.2, -0.15) is 0 Å². The van der Waals surface area contributed by atoms with E-state index >= 15 is 0 Å². The molecule has 0 saturated carbocycles. The van der Waals surface area contributed by atoms with Crippen molar-refractivity contribution < 1.29 is 9.84 Å². The number of anilines is 1. The van der Waals surface area contributed by atoms with Crippen molar-refractivity contribution in [3.63, 3.8) is 0 Å². The number of hydrogen-bond acceptors (Lipinski definition) is 5. The lowest BCUT2D eigenvalue weighted by atomic mass is 10.1. The predicted molar refractivity (Wildman–Crippen MR) is 69.1 cm³/mol. The summed E-state index contributed by atoms with van der Waals surface area (Å²) < 4.78 is 5.20. The zero-order chi connectivity index (χ0) is 13.1. The van der Waals surface area contributed by atoms with Gasteiger partial charge in [-0.3, -0.25) is 0 Å². The summed E-state index contributed by atoms with van der Waals surface area (Å²) in [4.78, 5) is 8.36. The van der Waals surface area contributed by atoms with E-state index in [9.17, 15) is 0 Å². The predicted octanol–water partition coefficient (Wildman–Crippen LogP) is 1.54. The third-order valence-electron chi connectivity index (χ3n) is 2.72. The molecule has 1 aromatic heterocycles. The molecule has 0 saturated heterocycles. The van der Waals surface area contributed by atoms with Gasteiger partial charge in [0.2, 0.25) is 0 Å². The SMILES string of the molecule is COc1ccc(-c2ncc(CO)c(N)n2)cc1C. The van der Waals surface area contributed by atoms with Crippen molar-refractivity contribution in [1.29, 1.82) is 0 Å². The maximum atomic E-state index is 9.02. The Bertz CT molecular complexity index is 519. The number of aliphatic hydroxyl groups excluding tert-OH is 1. The fourth-order valence-corrected chi connectivity index (χ4v) is 1.70. The van der Waals surface area contributed by atoms with Gasteiger partial charge in [-0.15, -0.1) is 0 Å². The van der Waals surface area contributed by atoms with E-state index in [4.69, 9.17) is 15.6 Å². The molecule has 18 heavy (non-hydrogen) atoms. The molecule has 0 bridgehead atoms. The molecule has 5 nitrogen and oxygen atoms in total. The van der Waals surface area contributed by atoms with Crippen molar-refractivity contribution in [2.75, 3.05) is 12.8 Å². The Balaban J connectivity index is 2.42. The fraction of sp³-hybridized carbons (Fsp3) is 0.231. The fourth-order valence-electron chi connectivity index (χ4n) is 1.70. The van der Waals surface area contributed by atoms with Gasteiger partial charge in [0.05, 0.1) is 13.7 Å². The van der Waals surface area contributed by atoms with E-state index in [2.05, 4.69) is 9.97 Å². The van der Waals surface area contributed by atoms with Gasteiger partial charge in [0.25, 0.3) is 0 Å². The summed E-state index contributed by atoms with van der Waals surface area (Å²) in [7, 11) is 1.63. The Morgan fingerprint density at radius 3 is 2.72 bits per heavy atom.